The number of aliphatic hydroxyl groups excluding tert-OH is 1. The van der Waals surface area contributed by atoms with E-state index >= 15 is 0 Å². The molecule has 7 N–H and O–H groups in total. The van der Waals surface area contributed by atoms with Crippen molar-refractivity contribution in [1.29, 1.82) is 0 Å². The second-order valence-corrected chi connectivity index (χ2v) is 11.5. The standard InChI is InChI=1S/C28H39N5O9S/c1-17(34)32-15-24(38)42-16-28(2,3)26(40)27(41)31-9-7-22(36)30-10-11-43-25(39)13-23(37)29-8-6-18-14-33-21-5-4-19(35)12-20(18)21/h4-5,12,14,26,33,35,40H,6-11,13,15-16H2,1-3H3,(H,29,37)(H,30,36)(H,31,41)(H,32,34)/t26-/m0/s1. The second-order valence-electron chi connectivity index (χ2n) is 10.4. The number of fused-ring (bicyclic) bond motifs is 1. The van der Waals surface area contributed by atoms with E-state index in [4.69, 9.17) is 4.74 Å². The van der Waals surface area contributed by atoms with Crippen LogP contribution in [0.15, 0.2) is 24.4 Å². The molecular formula is C28H39N5O9S. The first-order valence-electron chi connectivity index (χ1n) is 13.6. The lowest BCUT2D eigenvalue weighted by Crippen LogP contribution is -2.47. The Hall–Kier alpha value is -4.11. The third kappa shape index (κ3) is 12.7. The molecule has 0 saturated carbocycles. The highest BCUT2D eigenvalue weighted by atomic mass is 32.2. The highest BCUT2D eigenvalue weighted by Gasteiger charge is 2.35. The van der Waals surface area contributed by atoms with E-state index < -0.39 is 35.2 Å². The molecule has 0 aliphatic heterocycles. The fourth-order valence-electron chi connectivity index (χ4n) is 3.74. The maximum atomic E-state index is 12.3. The maximum Gasteiger partial charge on any atom is 0.325 e. The number of benzene rings is 1. The SMILES string of the molecule is CC(=O)NCC(=O)OCC(C)(C)[C@@H](O)C(=O)NCCC(=O)NCCSC(=O)CC(=O)NCCc1c[nH]c2ccc(O)cc12. The highest BCUT2D eigenvalue weighted by Crippen LogP contribution is 2.23. The van der Waals surface area contributed by atoms with Gasteiger partial charge >= 0.3 is 5.97 Å². The summed E-state index contributed by atoms with van der Waals surface area (Å²) < 4.78 is 5.00. The summed E-state index contributed by atoms with van der Waals surface area (Å²) in [6.45, 7) is 4.16. The number of rotatable bonds is 17. The number of aliphatic hydroxyl groups is 1. The molecule has 0 spiro atoms. The van der Waals surface area contributed by atoms with Crippen LogP contribution in [0.2, 0.25) is 0 Å². The third-order valence-electron chi connectivity index (χ3n) is 6.19. The molecule has 0 radical (unpaired) electrons. The second kappa shape index (κ2) is 17.1. The Morgan fingerprint density at radius 1 is 1.00 bits per heavy atom. The molecule has 2 aromatic rings. The molecule has 14 nitrogen and oxygen atoms in total. The zero-order chi connectivity index (χ0) is 32.0. The molecule has 236 valence electrons. The molecule has 0 saturated heterocycles. The van der Waals surface area contributed by atoms with Crippen LogP contribution in [0, 0.1) is 5.41 Å². The number of hydrogen-bond donors (Lipinski definition) is 7. The first kappa shape index (κ1) is 35.1. The van der Waals surface area contributed by atoms with Gasteiger partial charge in [-0.3, -0.25) is 28.8 Å². The van der Waals surface area contributed by atoms with Crippen molar-refractivity contribution in [3.05, 3.63) is 30.0 Å². The molecule has 0 aliphatic carbocycles. The lowest BCUT2D eigenvalue weighted by molar-refractivity contribution is -0.153. The van der Waals surface area contributed by atoms with Crippen LogP contribution in [0.4, 0.5) is 0 Å². The summed E-state index contributed by atoms with van der Waals surface area (Å²) in [5.74, 6) is -2.22. The van der Waals surface area contributed by atoms with E-state index in [0.29, 0.717) is 13.0 Å². The maximum absolute atomic E-state index is 12.3. The topological polar surface area (TPSA) is 216 Å². The number of thioether (sulfide) groups is 1. The van der Waals surface area contributed by atoms with Gasteiger partial charge in [0.2, 0.25) is 23.6 Å². The van der Waals surface area contributed by atoms with Crippen LogP contribution < -0.4 is 21.3 Å². The predicted octanol–water partition coefficient (Wildman–Crippen LogP) is -0.129. The van der Waals surface area contributed by atoms with Crippen molar-refractivity contribution >= 4 is 57.4 Å². The molecule has 1 atom stereocenters. The van der Waals surface area contributed by atoms with Crippen molar-refractivity contribution < 1.29 is 43.7 Å². The average molecular weight is 622 g/mol. The van der Waals surface area contributed by atoms with Crippen LogP contribution in [0.5, 0.6) is 5.75 Å². The average Bonchev–Trinajstić information content (AvgIpc) is 3.34. The number of phenolic OH excluding ortho intramolecular Hbond substituents is 1. The number of amides is 4. The summed E-state index contributed by atoms with van der Waals surface area (Å²) in [6.07, 6.45) is 0.446. The lowest BCUT2D eigenvalue weighted by Gasteiger charge is -2.29. The van der Waals surface area contributed by atoms with Crippen molar-refractivity contribution in [3.8, 4) is 5.75 Å². The Bertz CT molecular complexity index is 1310. The van der Waals surface area contributed by atoms with Crippen molar-refractivity contribution in [1.82, 2.24) is 26.3 Å². The van der Waals surface area contributed by atoms with Gasteiger partial charge in [0.05, 0.1) is 13.0 Å². The minimum absolute atomic E-state index is 0.0495. The molecule has 1 aromatic carbocycles. The van der Waals surface area contributed by atoms with Gasteiger partial charge in [0.25, 0.3) is 0 Å². The minimum atomic E-state index is -1.52. The van der Waals surface area contributed by atoms with Crippen molar-refractivity contribution in [2.45, 2.75) is 46.1 Å². The number of hydrogen-bond acceptors (Lipinski definition) is 10. The third-order valence-corrected chi connectivity index (χ3v) is 7.06. The molecule has 0 unspecified atom stereocenters. The molecule has 1 heterocycles. The first-order valence-corrected chi connectivity index (χ1v) is 14.6. The van der Waals surface area contributed by atoms with E-state index in [1.54, 1.807) is 18.2 Å². The Balaban J connectivity index is 1.55. The molecule has 0 aliphatic rings. The van der Waals surface area contributed by atoms with Crippen LogP contribution >= 0.6 is 11.8 Å². The first-order chi connectivity index (χ1) is 20.3. The van der Waals surface area contributed by atoms with Gasteiger partial charge in [-0.25, -0.2) is 0 Å². The summed E-state index contributed by atoms with van der Waals surface area (Å²) in [4.78, 5) is 74.0. The van der Waals surface area contributed by atoms with Gasteiger partial charge < -0.3 is 41.2 Å². The van der Waals surface area contributed by atoms with E-state index in [0.717, 1.165) is 28.2 Å². The van der Waals surface area contributed by atoms with Gasteiger partial charge in [0.15, 0.2) is 5.12 Å². The lowest BCUT2D eigenvalue weighted by atomic mass is 9.87. The summed E-state index contributed by atoms with van der Waals surface area (Å²) in [6, 6.07) is 4.99. The largest absolute Gasteiger partial charge is 0.508 e. The van der Waals surface area contributed by atoms with Gasteiger partial charge in [0, 0.05) is 61.2 Å². The summed E-state index contributed by atoms with van der Waals surface area (Å²) in [5.41, 5.74) is 0.682. The number of phenols is 1. The van der Waals surface area contributed by atoms with Gasteiger partial charge in [-0.05, 0) is 30.2 Å². The Morgan fingerprint density at radius 2 is 1.72 bits per heavy atom. The Kier molecular flexibility index (Phi) is 14.0. The minimum Gasteiger partial charge on any atom is -0.508 e. The predicted molar refractivity (Wildman–Crippen MR) is 159 cm³/mol. The molecule has 15 heteroatoms. The summed E-state index contributed by atoms with van der Waals surface area (Å²) in [7, 11) is 0. The molecule has 0 bridgehead atoms. The molecule has 1 aromatic heterocycles. The van der Waals surface area contributed by atoms with E-state index in [-0.39, 0.29) is 61.6 Å². The number of ether oxygens (including phenoxy) is 1. The number of aromatic amines is 1. The molecule has 2 rings (SSSR count). The molecule has 43 heavy (non-hydrogen) atoms. The van der Waals surface area contributed by atoms with Gasteiger partial charge in [-0.2, -0.15) is 0 Å². The molecular weight excluding hydrogens is 582 g/mol. The van der Waals surface area contributed by atoms with Gasteiger partial charge in [-0.15, -0.1) is 0 Å². The number of aromatic nitrogens is 1. The highest BCUT2D eigenvalue weighted by molar-refractivity contribution is 8.13. The normalized spacial score (nSPS) is 11.8. The molecule has 4 amide bonds. The van der Waals surface area contributed by atoms with Crippen molar-refractivity contribution in [3.63, 3.8) is 0 Å². The van der Waals surface area contributed by atoms with E-state index in [1.807, 2.05) is 6.20 Å². The fourth-order valence-corrected chi connectivity index (χ4v) is 4.41. The van der Waals surface area contributed by atoms with Crippen molar-refractivity contribution in [2.24, 2.45) is 5.41 Å². The number of esters is 1. The van der Waals surface area contributed by atoms with E-state index in [2.05, 4.69) is 26.3 Å². The van der Waals surface area contributed by atoms with Crippen LogP contribution in [0.3, 0.4) is 0 Å². The molecule has 0 fully saturated rings. The number of carbonyl (C=O) groups excluding carboxylic acids is 6. The fraction of sp³-hybridized carbons (Fsp3) is 0.500. The number of H-pyrrole nitrogens is 1. The number of nitrogens with one attached hydrogen (secondary N) is 5. The summed E-state index contributed by atoms with van der Waals surface area (Å²) in [5, 5.41) is 30.6. The van der Waals surface area contributed by atoms with Crippen LogP contribution in [-0.4, -0.2) is 94.6 Å². The Morgan fingerprint density at radius 3 is 2.44 bits per heavy atom. The quantitative estimate of drug-likeness (QED) is 0.0705. The Labute approximate surface area is 253 Å². The summed E-state index contributed by atoms with van der Waals surface area (Å²) >= 11 is 0.921. The number of aromatic hydroxyl groups is 1. The zero-order valence-electron chi connectivity index (χ0n) is 24.4. The van der Waals surface area contributed by atoms with Crippen molar-refractivity contribution in [2.75, 3.05) is 38.5 Å². The number of carbonyl (C=O) groups is 6. The van der Waals surface area contributed by atoms with E-state index in [9.17, 15) is 39.0 Å². The van der Waals surface area contributed by atoms with Crippen LogP contribution in [0.25, 0.3) is 10.9 Å². The van der Waals surface area contributed by atoms with E-state index in [1.165, 1.54) is 20.8 Å². The zero-order valence-corrected chi connectivity index (χ0v) is 25.2. The van der Waals surface area contributed by atoms with Crippen LogP contribution in [0.1, 0.15) is 39.2 Å². The smallest absolute Gasteiger partial charge is 0.325 e. The van der Waals surface area contributed by atoms with Crippen LogP contribution in [-0.2, 0) is 39.9 Å². The van der Waals surface area contributed by atoms with Gasteiger partial charge in [-0.1, -0.05) is 25.6 Å². The van der Waals surface area contributed by atoms with Gasteiger partial charge in [0.1, 0.15) is 18.4 Å². The monoisotopic (exact) mass is 621 g/mol.